The minimum atomic E-state index is -3.70. The first kappa shape index (κ1) is 12.3. The van der Waals surface area contributed by atoms with E-state index in [-0.39, 0.29) is 0 Å². The summed E-state index contributed by atoms with van der Waals surface area (Å²) < 4.78 is 3.93. The van der Waals surface area contributed by atoms with Crippen molar-refractivity contribution < 1.29 is 45.3 Å². The third-order valence-electron chi connectivity index (χ3n) is 2.06. The molecule has 1 fully saturated rings. The molecule has 0 aromatic rings. The molecule has 9 heteroatoms. The first-order valence-corrected chi connectivity index (χ1v) is 3.77. The van der Waals surface area contributed by atoms with Crippen molar-refractivity contribution in [2.45, 2.75) is 30.1 Å². The molecule has 3 unspecified atom stereocenters. The van der Waals surface area contributed by atoms with E-state index in [4.69, 9.17) is 35.7 Å². The molecule has 1 rings (SSSR count). The number of carboxylic acid groups (broad SMARTS) is 1. The quantitative estimate of drug-likeness (QED) is 0.218. The van der Waals surface area contributed by atoms with Crippen molar-refractivity contribution in [2.24, 2.45) is 0 Å². The molecule has 7 N–H and O–H groups in total. The highest BCUT2D eigenvalue weighted by Gasteiger charge is 2.64. The van der Waals surface area contributed by atoms with Crippen LogP contribution in [0.15, 0.2) is 0 Å². The number of hydrogen-bond acceptors (Lipinski definition) is 8. The number of carbonyl (C=O) groups is 1. The van der Waals surface area contributed by atoms with Gasteiger partial charge in [0.2, 0.25) is 0 Å². The van der Waals surface area contributed by atoms with E-state index in [2.05, 4.69) is 4.74 Å². The highest BCUT2D eigenvalue weighted by Crippen LogP contribution is 2.32. The molecule has 0 bridgehead atoms. The standard InChI is InChI=1S/C6H10O9/c7-1-2(4(9)10)15-6(13,14)5(11,12)3(1)8/h1-3,7-8,11-14H,(H,9,10). The molecule has 15 heavy (non-hydrogen) atoms. The Morgan fingerprint density at radius 1 is 1.13 bits per heavy atom. The predicted octanol–water partition coefficient (Wildman–Crippen LogP) is -4.49. The van der Waals surface area contributed by atoms with Gasteiger partial charge in [-0.25, -0.2) is 4.79 Å². The molecule has 0 spiro atoms. The van der Waals surface area contributed by atoms with Gasteiger partial charge in [-0.3, -0.25) is 0 Å². The van der Waals surface area contributed by atoms with Crippen molar-refractivity contribution in [1.29, 1.82) is 0 Å². The van der Waals surface area contributed by atoms with Gasteiger partial charge in [0.1, 0.15) is 12.2 Å². The number of aliphatic hydroxyl groups excluding tert-OH is 2. The van der Waals surface area contributed by atoms with E-state index >= 15 is 0 Å². The van der Waals surface area contributed by atoms with Gasteiger partial charge in [-0.15, -0.1) is 0 Å². The third kappa shape index (κ3) is 1.70. The molecule has 1 aliphatic rings. The van der Waals surface area contributed by atoms with Crippen LogP contribution in [0, 0.1) is 0 Å². The minimum absolute atomic E-state index is 1.80. The Bertz CT molecular complexity index is 272. The Morgan fingerprint density at radius 2 is 1.60 bits per heavy atom. The summed E-state index contributed by atoms with van der Waals surface area (Å²) >= 11 is 0. The zero-order valence-corrected chi connectivity index (χ0v) is 7.18. The van der Waals surface area contributed by atoms with Gasteiger partial charge in [0.25, 0.3) is 5.79 Å². The Balaban J connectivity index is 3.05. The summed E-state index contributed by atoms with van der Waals surface area (Å²) in [7, 11) is 0. The van der Waals surface area contributed by atoms with Crippen LogP contribution in [0.3, 0.4) is 0 Å². The molecule has 0 aromatic carbocycles. The summed E-state index contributed by atoms with van der Waals surface area (Å²) in [5, 5.41) is 62.3. The average molecular weight is 226 g/mol. The van der Waals surface area contributed by atoms with Crippen LogP contribution in [0.2, 0.25) is 0 Å². The summed E-state index contributed by atoms with van der Waals surface area (Å²) in [6.45, 7) is 0. The molecule has 0 aromatic heterocycles. The molecular formula is C6H10O9. The molecule has 1 heterocycles. The first-order valence-electron chi connectivity index (χ1n) is 3.77. The lowest BCUT2D eigenvalue weighted by atomic mass is 9.94. The van der Waals surface area contributed by atoms with Crippen LogP contribution >= 0.6 is 0 Å². The number of hydrogen-bond donors (Lipinski definition) is 7. The lowest BCUT2D eigenvalue weighted by Gasteiger charge is -2.45. The fourth-order valence-electron chi connectivity index (χ4n) is 1.13. The Kier molecular flexibility index (Phi) is 2.74. The van der Waals surface area contributed by atoms with Crippen LogP contribution in [0.5, 0.6) is 0 Å². The van der Waals surface area contributed by atoms with Crippen LogP contribution in [0.1, 0.15) is 0 Å². The largest absolute Gasteiger partial charge is 0.479 e. The number of ether oxygens (including phenoxy) is 1. The second-order valence-electron chi connectivity index (χ2n) is 3.15. The molecule has 9 nitrogen and oxygen atoms in total. The molecule has 88 valence electrons. The molecule has 0 amide bonds. The fourth-order valence-corrected chi connectivity index (χ4v) is 1.13. The normalized spacial score (nSPS) is 38.7. The lowest BCUT2D eigenvalue weighted by Crippen LogP contribution is -2.73. The van der Waals surface area contributed by atoms with Gasteiger partial charge in [-0.2, -0.15) is 0 Å². The minimum Gasteiger partial charge on any atom is -0.479 e. The zero-order chi connectivity index (χ0) is 12.0. The van der Waals surface area contributed by atoms with E-state index in [0.717, 1.165) is 0 Å². The van der Waals surface area contributed by atoms with Crippen LogP contribution < -0.4 is 0 Å². The summed E-state index contributed by atoms with van der Waals surface area (Å²) in [5.74, 6) is -9.10. The molecule has 0 saturated carbocycles. The second-order valence-corrected chi connectivity index (χ2v) is 3.15. The maximum absolute atomic E-state index is 10.4. The third-order valence-corrected chi connectivity index (χ3v) is 2.06. The van der Waals surface area contributed by atoms with Gasteiger partial charge in [0, 0.05) is 0 Å². The van der Waals surface area contributed by atoms with Crippen molar-refractivity contribution in [3.05, 3.63) is 0 Å². The Labute approximate surface area is 82.4 Å². The molecule has 0 aliphatic carbocycles. The van der Waals surface area contributed by atoms with Crippen molar-refractivity contribution in [1.82, 2.24) is 0 Å². The molecule has 1 aliphatic heterocycles. The maximum Gasteiger partial charge on any atom is 0.339 e. The number of carboxylic acids is 1. The molecule has 3 atom stereocenters. The molecule has 1 saturated heterocycles. The van der Waals surface area contributed by atoms with Crippen LogP contribution in [-0.4, -0.2) is 71.8 Å². The fraction of sp³-hybridized carbons (Fsp3) is 0.833. The zero-order valence-electron chi connectivity index (χ0n) is 7.18. The first-order chi connectivity index (χ1) is 6.61. The summed E-state index contributed by atoms with van der Waals surface area (Å²) in [4.78, 5) is 10.4. The van der Waals surface area contributed by atoms with Crippen LogP contribution in [0.4, 0.5) is 0 Å². The number of rotatable bonds is 1. The highest BCUT2D eigenvalue weighted by atomic mass is 16.8. The molecular weight excluding hydrogens is 216 g/mol. The Hall–Kier alpha value is -0.810. The van der Waals surface area contributed by atoms with Gasteiger partial charge >= 0.3 is 11.9 Å². The van der Waals surface area contributed by atoms with E-state index in [9.17, 15) is 4.79 Å². The summed E-state index contributed by atoms with van der Waals surface area (Å²) in [5.41, 5.74) is 0. The second kappa shape index (κ2) is 3.35. The maximum atomic E-state index is 10.4. The van der Waals surface area contributed by atoms with E-state index in [1.165, 1.54) is 0 Å². The predicted molar refractivity (Wildman–Crippen MR) is 38.9 cm³/mol. The van der Waals surface area contributed by atoms with Gasteiger partial charge in [0.05, 0.1) is 0 Å². The van der Waals surface area contributed by atoms with Crippen molar-refractivity contribution in [3.8, 4) is 0 Å². The van der Waals surface area contributed by atoms with E-state index < -0.39 is 36.0 Å². The van der Waals surface area contributed by atoms with Crippen molar-refractivity contribution >= 4 is 5.97 Å². The lowest BCUT2D eigenvalue weighted by molar-refractivity contribution is -0.510. The Morgan fingerprint density at radius 3 is 2.00 bits per heavy atom. The van der Waals surface area contributed by atoms with Gasteiger partial charge in [0.15, 0.2) is 6.10 Å². The van der Waals surface area contributed by atoms with Gasteiger partial charge in [-0.05, 0) is 0 Å². The molecule has 0 radical (unpaired) electrons. The number of aliphatic carboxylic acids is 1. The van der Waals surface area contributed by atoms with Crippen molar-refractivity contribution in [2.75, 3.05) is 0 Å². The summed E-state index contributed by atoms with van der Waals surface area (Å²) in [6.07, 6.45) is -6.92. The van der Waals surface area contributed by atoms with Crippen LogP contribution in [-0.2, 0) is 9.53 Å². The topological polar surface area (TPSA) is 168 Å². The monoisotopic (exact) mass is 226 g/mol. The average Bonchev–Trinajstić information content (AvgIpc) is 2.09. The van der Waals surface area contributed by atoms with Gasteiger partial charge < -0.3 is 40.5 Å². The van der Waals surface area contributed by atoms with Crippen LogP contribution in [0.25, 0.3) is 0 Å². The van der Waals surface area contributed by atoms with E-state index in [1.54, 1.807) is 0 Å². The van der Waals surface area contributed by atoms with Crippen molar-refractivity contribution in [3.63, 3.8) is 0 Å². The van der Waals surface area contributed by atoms with Gasteiger partial charge in [-0.1, -0.05) is 0 Å². The summed E-state index contributed by atoms with van der Waals surface area (Å²) in [6, 6.07) is 0. The van der Waals surface area contributed by atoms with E-state index in [1.807, 2.05) is 0 Å². The SMILES string of the molecule is O=C(O)C1OC(O)(O)C(O)(O)C(O)C1O. The highest BCUT2D eigenvalue weighted by molar-refractivity contribution is 5.73. The number of aliphatic hydroxyl groups is 6. The smallest absolute Gasteiger partial charge is 0.339 e. The van der Waals surface area contributed by atoms with E-state index in [0.29, 0.717) is 0 Å².